The van der Waals surface area contributed by atoms with E-state index >= 15 is 0 Å². The number of hydrogen-bond acceptors (Lipinski definition) is 4. The summed E-state index contributed by atoms with van der Waals surface area (Å²) in [5.41, 5.74) is 0. The second-order valence-electron chi connectivity index (χ2n) is 4.96. The van der Waals surface area contributed by atoms with Crippen molar-refractivity contribution in [3.05, 3.63) is 11.5 Å². The lowest BCUT2D eigenvalue weighted by molar-refractivity contribution is 0.0884. The number of aryl methyl sites for hydroxylation is 1. The van der Waals surface area contributed by atoms with Gasteiger partial charge in [-0.25, -0.2) is 13.4 Å². The molecule has 2 heterocycles. The van der Waals surface area contributed by atoms with Crippen LogP contribution in [0.3, 0.4) is 0 Å². The summed E-state index contributed by atoms with van der Waals surface area (Å²) in [6, 6.07) is 0. The van der Waals surface area contributed by atoms with Gasteiger partial charge in [0.25, 0.3) is 10.0 Å². The normalized spacial score (nSPS) is 23.5. The highest BCUT2D eigenvalue weighted by Gasteiger charge is 2.34. The molecule has 0 saturated carbocycles. The van der Waals surface area contributed by atoms with Crippen molar-refractivity contribution in [2.75, 3.05) is 13.1 Å². The van der Waals surface area contributed by atoms with Crippen molar-refractivity contribution in [1.82, 2.24) is 13.9 Å². The van der Waals surface area contributed by atoms with Gasteiger partial charge < -0.3 is 9.67 Å². The summed E-state index contributed by atoms with van der Waals surface area (Å²) < 4.78 is 27.8. The first-order valence-corrected chi connectivity index (χ1v) is 8.01. The lowest BCUT2D eigenvalue weighted by atomic mass is 9.95. The molecule has 1 aliphatic heterocycles. The minimum atomic E-state index is -3.68. The average Bonchev–Trinajstić information content (AvgIpc) is 2.70. The quantitative estimate of drug-likeness (QED) is 0.898. The largest absolute Gasteiger partial charge is 0.393 e. The fourth-order valence-corrected chi connectivity index (χ4v) is 4.20. The van der Waals surface area contributed by atoms with E-state index in [0.29, 0.717) is 13.1 Å². The molecule has 1 saturated heterocycles. The van der Waals surface area contributed by atoms with Gasteiger partial charge in [0.15, 0.2) is 0 Å². The van der Waals surface area contributed by atoms with E-state index < -0.39 is 16.1 Å². The summed E-state index contributed by atoms with van der Waals surface area (Å²) in [6.07, 6.45) is 2.43. The molecule has 1 aliphatic rings. The number of piperidine rings is 1. The van der Waals surface area contributed by atoms with Crippen LogP contribution in [0.2, 0.25) is 5.15 Å². The Hall–Kier alpha value is -0.630. The van der Waals surface area contributed by atoms with Crippen molar-refractivity contribution in [3.63, 3.8) is 0 Å². The Morgan fingerprint density at radius 1 is 1.58 bits per heavy atom. The summed E-state index contributed by atoms with van der Waals surface area (Å²) in [4.78, 5) is 3.87. The molecule has 0 radical (unpaired) electrons. The topological polar surface area (TPSA) is 75.4 Å². The minimum absolute atomic E-state index is 0.0361. The first-order chi connectivity index (χ1) is 8.84. The Morgan fingerprint density at radius 3 is 2.79 bits per heavy atom. The zero-order chi connectivity index (χ0) is 14.2. The van der Waals surface area contributed by atoms with Gasteiger partial charge in [-0.15, -0.1) is 0 Å². The van der Waals surface area contributed by atoms with E-state index in [2.05, 4.69) is 4.98 Å². The van der Waals surface area contributed by atoms with E-state index in [9.17, 15) is 13.5 Å². The van der Waals surface area contributed by atoms with Gasteiger partial charge in [0, 0.05) is 20.1 Å². The molecule has 8 heteroatoms. The van der Waals surface area contributed by atoms with Crippen LogP contribution >= 0.6 is 11.6 Å². The summed E-state index contributed by atoms with van der Waals surface area (Å²) >= 11 is 5.96. The lowest BCUT2D eigenvalue weighted by Gasteiger charge is -2.32. The second kappa shape index (κ2) is 5.40. The van der Waals surface area contributed by atoms with Crippen LogP contribution in [-0.4, -0.2) is 46.6 Å². The van der Waals surface area contributed by atoms with E-state index in [4.69, 9.17) is 11.6 Å². The molecule has 0 amide bonds. The van der Waals surface area contributed by atoms with Crippen molar-refractivity contribution in [2.24, 2.45) is 13.0 Å². The number of rotatable bonds is 3. The van der Waals surface area contributed by atoms with Gasteiger partial charge in [0.2, 0.25) is 5.03 Å². The van der Waals surface area contributed by atoms with E-state index in [1.807, 2.05) is 0 Å². The number of imidazole rings is 1. The number of hydrogen-bond donors (Lipinski definition) is 1. The third kappa shape index (κ3) is 2.79. The van der Waals surface area contributed by atoms with Crippen molar-refractivity contribution in [1.29, 1.82) is 0 Å². The molecule has 0 aromatic carbocycles. The number of aliphatic hydroxyl groups is 1. The summed E-state index contributed by atoms with van der Waals surface area (Å²) in [5.74, 6) is -0.0361. The van der Waals surface area contributed by atoms with Crippen LogP contribution < -0.4 is 0 Å². The Morgan fingerprint density at radius 2 is 2.26 bits per heavy atom. The van der Waals surface area contributed by atoms with Gasteiger partial charge in [0.1, 0.15) is 5.15 Å². The monoisotopic (exact) mass is 307 g/mol. The third-order valence-corrected chi connectivity index (χ3v) is 5.88. The molecular formula is C11H18ClN3O3S. The molecule has 2 rings (SSSR count). The molecule has 0 aliphatic carbocycles. The van der Waals surface area contributed by atoms with Crippen LogP contribution in [-0.2, 0) is 17.1 Å². The summed E-state index contributed by atoms with van der Waals surface area (Å²) in [5, 5.41) is 9.62. The number of sulfonamides is 1. The van der Waals surface area contributed by atoms with Crippen LogP contribution in [0.1, 0.15) is 19.8 Å². The zero-order valence-corrected chi connectivity index (χ0v) is 12.5. The van der Waals surface area contributed by atoms with Crippen molar-refractivity contribution >= 4 is 21.6 Å². The van der Waals surface area contributed by atoms with Crippen molar-refractivity contribution < 1.29 is 13.5 Å². The molecule has 2 unspecified atom stereocenters. The van der Waals surface area contributed by atoms with Gasteiger partial charge in [-0.2, -0.15) is 4.31 Å². The molecule has 2 atom stereocenters. The summed E-state index contributed by atoms with van der Waals surface area (Å²) in [6.45, 7) is 2.44. The Bertz CT molecular complexity index is 556. The number of aromatic nitrogens is 2. The van der Waals surface area contributed by atoms with Crippen molar-refractivity contribution in [3.8, 4) is 0 Å². The maximum atomic E-state index is 12.5. The van der Waals surface area contributed by atoms with Crippen LogP contribution in [0.5, 0.6) is 0 Å². The predicted octanol–water partition coefficient (Wildman–Crippen LogP) is 0.855. The molecule has 1 aromatic heterocycles. The minimum Gasteiger partial charge on any atom is -0.393 e. The third-order valence-electron chi connectivity index (χ3n) is 3.52. The number of halogens is 1. The van der Waals surface area contributed by atoms with Crippen LogP contribution in [0.15, 0.2) is 11.4 Å². The highest BCUT2D eigenvalue weighted by molar-refractivity contribution is 7.89. The van der Waals surface area contributed by atoms with Gasteiger partial charge in [-0.3, -0.25) is 0 Å². The molecular weight excluding hydrogens is 290 g/mol. The Kier molecular flexibility index (Phi) is 4.20. The maximum Gasteiger partial charge on any atom is 0.263 e. The van der Waals surface area contributed by atoms with Gasteiger partial charge in [-0.1, -0.05) is 11.6 Å². The van der Waals surface area contributed by atoms with E-state index in [0.717, 1.165) is 12.8 Å². The summed E-state index contributed by atoms with van der Waals surface area (Å²) in [7, 11) is -2.04. The first-order valence-electron chi connectivity index (χ1n) is 6.19. The fourth-order valence-electron chi connectivity index (χ4n) is 2.28. The molecule has 0 bridgehead atoms. The van der Waals surface area contributed by atoms with E-state index in [1.165, 1.54) is 15.2 Å². The highest BCUT2D eigenvalue weighted by Crippen LogP contribution is 2.27. The Labute approximate surface area is 118 Å². The van der Waals surface area contributed by atoms with Crippen LogP contribution in [0, 0.1) is 5.92 Å². The fraction of sp³-hybridized carbons (Fsp3) is 0.727. The number of aliphatic hydroxyl groups excluding tert-OH is 1. The maximum absolute atomic E-state index is 12.5. The molecule has 1 fully saturated rings. The number of nitrogens with zero attached hydrogens (tertiary/aromatic N) is 3. The Balaban J connectivity index is 2.27. The standard InChI is InChI=1S/C11H18ClN3O3S/c1-8(16)9-4-3-5-15(6-9)19(17,18)11-10(12)14(2)7-13-11/h7-9,16H,3-6H2,1-2H3. The smallest absolute Gasteiger partial charge is 0.263 e. The SMILES string of the molecule is CC(O)C1CCCN(S(=O)(=O)c2ncn(C)c2Cl)C1. The van der Waals surface area contributed by atoms with E-state index in [-0.39, 0.29) is 16.1 Å². The molecule has 6 nitrogen and oxygen atoms in total. The predicted molar refractivity (Wildman–Crippen MR) is 71.4 cm³/mol. The molecule has 1 aromatic rings. The molecule has 108 valence electrons. The average molecular weight is 308 g/mol. The van der Waals surface area contributed by atoms with Gasteiger partial charge >= 0.3 is 0 Å². The lowest BCUT2D eigenvalue weighted by Crippen LogP contribution is -2.43. The zero-order valence-electron chi connectivity index (χ0n) is 11.0. The van der Waals surface area contributed by atoms with Crippen LogP contribution in [0.4, 0.5) is 0 Å². The molecule has 0 spiro atoms. The van der Waals surface area contributed by atoms with Crippen LogP contribution in [0.25, 0.3) is 0 Å². The van der Waals surface area contributed by atoms with Gasteiger partial charge in [0.05, 0.1) is 12.4 Å². The second-order valence-corrected chi connectivity index (χ2v) is 7.17. The molecule has 19 heavy (non-hydrogen) atoms. The van der Waals surface area contributed by atoms with Crippen molar-refractivity contribution in [2.45, 2.75) is 30.9 Å². The first kappa shape index (κ1) is 14.8. The van der Waals surface area contributed by atoms with E-state index in [1.54, 1.807) is 14.0 Å². The molecule has 1 N–H and O–H groups in total. The van der Waals surface area contributed by atoms with Gasteiger partial charge in [-0.05, 0) is 25.7 Å². The highest BCUT2D eigenvalue weighted by atomic mass is 35.5.